The van der Waals surface area contributed by atoms with Gasteiger partial charge in [-0.3, -0.25) is 0 Å². The second-order valence-electron chi connectivity index (χ2n) is 7.85. The van der Waals surface area contributed by atoms with Crippen molar-refractivity contribution in [1.82, 2.24) is 24.4 Å². The molecule has 2 saturated heterocycles. The standard InChI is InChI=1S/C21H24N6O4/c28-16-3-1-2-14(12-16)17-18-19(24-20(23-17)25-8-10-31-11-9-25)27(13-22-18)15-4-6-26(7-5-15)21(29)30/h1-3,12-13,15,28H,4-11H2,(H,29,30). The predicted octanol–water partition coefficient (Wildman–Crippen LogP) is 2.35. The van der Waals surface area contributed by atoms with Crippen molar-refractivity contribution in [3.8, 4) is 17.0 Å². The molecular formula is C21H24N6O4. The summed E-state index contributed by atoms with van der Waals surface area (Å²) in [5.74, 6) is 0.775. The maximum Gasteiger partial charge on any atom is 0.407 e. The van der Waals surface area contributed by atoms with E-state index in [4.69, 9.17) is 14.7 Å². The molecule has 10 nitrogen and oxygen atoms in total. The molecule has 0 aliphatic carbocycles. The van der Waals surface area contributed by atoms with Crippen LogP contribution < -0.4 is 4.90 Å². The van der Waals surface area contributed by atoms with Gasteiger partial charge in [0.2, 0.25) is 5.95 Å². The van der Waals surface area contributed by atoms with Gasteiger partial charge in [-0.15, -0.1) is 0 Å². The van der Waals surface area contributed by atoms with Gasteiger partial charge in [0.15, 0.2) is 5.65 Å². The van der Waals surface area contributed by atoms with Gasteiger partial charge in [-0.2, -0.15) is 4.98 Å². The number of morpholine rings is 1. The number of anilines is 1. The van der Waals surface area contributed by atoms with Crippen LogP contribution in [0.5, 0.6) is 5.75 Å². The van der Waals surface area contributed by atoms with E-state index >= 15 is 0 Å². The van der Waals surface area contributed by atoms with Crippen LogP contribution in [0.2, 0.25) is 0 Å². The zero-order valence-electron chi connectivity index (χ0n) is 17.0. The van der Waals surface area contributed by atoms with Crippen molar-refractivity contribution >= 4 is 23.2 Å². The Morgan fingerprint density at radius 3 is 2.58 bits per heavy atom. The van der Waals surface area contributed by atoms with Crippen molar-refractivity contribution in [2.75, 3.05) is 44.3 Å². The summed E-state index contributed by atoms with van der Waals surface area (Å²) >= 11 is 0. The van der Waals surface area contributed by atoms with Gasteiger partial charge in [0.05, 0.1) is 19.5 Å². The van der Waals surface area contributed by atoms with Gasteiger partial charge in [-0.25, -0.2) is 14.8 Å². The lowest BCUT2D eigenvalue weighted by molar-refractivity contribution is 0.122. The van der Waals surface area contributed by atoms with Crippen molar-refractivity contribution in [2.45, 2.75) is 18.9 Å². The number of imidazole rings is 1. The molecule has 2 aliphatic heterocycles. The third kappa shape index (κ3) is 3.74. The number of carbonyl (C=O) groups is 1. The first-order valence-corrected chi connectivity index (χ1v) is 10.4. The van der Waals surface area contributed by atoms with Gasteiger partial charge in [-0.1, -0.05) is 12.1 Å². The number of likely N-dealkylation sites (tertiary alicyclic amines) is 1. The summed E-state index contributed by atoms with van der Waals surface area (Å²) in [5.41, 5.74) is 2.84. The molecule has 2 fully saturated rings. The number of phenols is 1. The molecule has 5 rings (SSSR count). The molecule has 0 radical (unpaired) electrons. The number of phenolic OH excluding ortho intramolecular Hbond substituents is 1. The van der Waals surface area contributed by atoms with Crippen LogP contribution in [0.3, 0.4) is 0 Å². The fourth-order valence-corrected chi connectivity index (χ4v) is 4.27. The first kappa shape index (κ1) is 19.6. The van der Waals surface area contributed by atoms with E-state index in [9.17, 15) is 15.0 Å². The van der Waals surface area contributed by atoms with Crippen LogP contribution in [-0.2, 0) is 4.74 Å². The van der Waals surface area contributed by atoms with Gasteiger partial charge in [0.25, 0.3) is 0 Å². The van der Waals surface area contributed by atoms with Crippen LogP contribution in [0.4, 0.5) is 10.7 Å². The monoisotopic (exact) mass is 424 g/mol. The molecule has 0 bridgehead atoms. The van der Waals surface area contributed by atoms with E-state index in [0.29, 0.717) is 69.4 Å². The number of ether oxygens (including phenoxy) is 1. The van der Waals surface area contributed by atoms with Gasteiger partial charge in [0.1, 0.15) is 17.0 Å². The fourth-order valence-electron chi connectivity index (χ4n) is 4.27. The van der Waals surface area contributed by atoms with E-state index in [0.717, 1.165) is 11.2 Å². The Kier molecular flexibility index (Phi) is 5.06. The zero-order chi connectivity index (χ0) is 21.4. The molecule has 3 aromatic rings. The average Bonchev–Trinajstić information content (AvgIpc) is 3.23. The number of hydrogen-bond acceptors (Lipinski definition) is 7. The van der Waals surface area contributed by atoms with Crippen molar-refractivity contribution in [3.05, 3.63) is 30.6 Å². The first-order valence-electron chi connectivity index (χ1n) is 10.4. The maximum atomic E-state index is 11.3. The van der Waals surface area contributed by atoms with Crippen molar-refractivity contribution in [3.63, 3.8) is 0 Å². The molecule has 0 saturated carbocycles. The highest BCUT2D eigenvalue weighted by molar-refractivity contribution is 5.88. The lowest BCUT2D eigenvalue weighted by Gasteiger charge is -2.31. The molecule has 0 atom stereocenters. The normalized spacial score (nSPS) is 17.9. The lowest BCUT2D eigenvalue weighted by atomic mass is 10.1. The fraction of sp³-hybridized carbons (Fsp3) is 0.429. The number of aromatic hydroxyl groups is 1. The quantitative estimate of drug-likeness (QED) is 0.658. The Morgan fingerprint density at radius 1 is 1.10 bits per heavy atom. The van der Waals surface area contributed by atoms with Crippen molar-refractivity contribution in [2.24, 2.45) is 0 Å². The Balaban J connectivity index is 1.59. The van der Waals surface area contributed by atoms with Gasteiger partial charge in [0, 0.05) is 37.8 Å². The number of aromatic nitrogens is 4. The van der Waals surface area contributed by atoms with Crippen LogP contribution in [0.25, 0.3) is 22.4 Å². The Bertz CT molecular complexity index is 1100. The first-order chi connectivity index (χ1) is 15.1. The summed E-state index contributed by atoms with van der Waals surface area (Å²) in [4.78, 5) is 29.1. The number of hydrogen-bond donors (Lipinski definition) is 2. The van der Waals surface area contributed by atoms with E-state index in [1.54, 1.807) is 24.5 Å². The highest BCUT2D eigenvalue weighted by Gasteiger charge is 2.27. The molecule has 1 aromatic carbocycles. The minimum Gasteiger partial charge on any atom is -0.508 e. The highest BCUT2D eigenvalue weighted by Crippen LogP contribution is 2.32. The number of benzene rings is 1. The van der Waals surface area contributed by atoms with E-state index in [1.807, 2.05) is 10.6 Å². The predicted molar refractivity (Wildman–Crippen MR) is 113 cm³/mol. The van der Waals surface area contributed by atoms with Crippen LogP contribution >= 0.6 is 0 Å². The molecule has 0 unspecified atom stereocenters. The maximum absolute atomic E-state index is 11.3. The molecule has 162 valence electrons. The number of nitrogens with zero attached hydrogens (tertiary/aromatic N) is 6. The third-order valence-electron chi connectivity index (χ3n) is 5.95. The topological polar surface area (TPSA) is 117 Å². The summed E-state index contributed by atoms with van der Waals surface area (Å²) in [6.07, 6.45) is 2.30. The van der Waals surface area contributed by atoms with E-state index < -0.39 is 6.09 Å². The lowest BCUT2D eigenvalue weighted by Crippen LogP contribution is -2.38. The van der Waals surface area contributed by atoms with E-state index in [1.165, 1.54) is 4.90 Å². The average molecular weight is 424 g/mol. The Hall–Kier alpha value is -3.40. The third-order valence-corrected chi connectivity index (χ3v) is 5.95. The molecular weight excluding hydrogens is 400 g/mol. The molecule has 2 aromatic heterocycles. The molecule has 2 aliphatic rings. The van der Waals surface area contributed by atoms with Gasteiger partial charge in [-0.05, 0) is 25.0 Å². The van der Waals surface area contributed by atoms with Crippen LogP contribution in [-0.4, -0.2) is 80.1 Å². The molecule has 1 amide bonds. The number of fused-ring (bicyclic) bond motifs is 1. The Morgan fingerprint density at radius 2 is 1.87 bits per heavy atom. The second kappa shape index (κ2) is 8.03. The van der Waals surface area contributed by atoms with Gasteiger partial charge >= 0.3 is 6.09 Å². The smallest absolute Gasteiger partial charge is 0.407 e. The number of carboxylic acid groups (broad SMARTS) is 1. The molecule has 10 heteroatoms. The van der Waals surface area contributed by atoms with E-state index in [2.05, 4.69) is 9.88 Å². The van der Waals surface area contributed by atoms with Crippen molar-refractivity contribution in [1.29, 1.82) is 0 Å². The number of piperidine rings is 1. The zero-order valence-corrected chi connectivity index (χ0v) is 17.0. The summed E-state index contributed by atoms with van der Waals surface area (Å²) in [6, 6.07) is 7.10. The van der Waals surface area contributed by atoms with Crippen LogP contribution in [0.1, 0.15) is 18.9 Å². The minimum absolute atomic E-state index is 0.116. The van der Waals surface area contributed by atoms with Gasteiger partial charge < -0.3 is 29.3 Å². The molecule has 4 heterocycles. The largest absolute Gasteiger partial charge is 0.508 e. The Labute approximate surface area is 178 Å². The summed E-state index contributed by atoms with van der Waals surface area (Å²) < 4.78 is 7.52. The molecule has 0 spiro atoms. The minimum atomic E-state index is -0.878. The van der Waals surface area contributed by atoms with E-state index in [-0.39, 0.29) is 11.8 Å². The van der Waals surface area contributed by atoms with Crippen LogP contribution in [0, 0.1) is 0 Å². The number of rotatable bonds is 3. The molecule has 2 N–H and O–H groups in total. The summed E-state index contributed by atoms with van der Waals surface area (Å²) in [7, 11) is 0. The SMILES string of the molecule is O=C(O)N1CCC(n2cnc3c(-c4cccc(O)c4)nc(N4CCOCC4)nc32)CC1. The van der Waals surface area contributed by atoms with Crippen molar-refractivity contribution < 1.29 is 19.7 Å². The summed E-state index contributed by atoms with van der Waals surface area (Å²) in [6.45, 7) is 3.62. The molecule has 31 heavy (non-hydrogen) atoms. The summed E-state index contributed by atoms with van der Waals surface area (Å²) in [5, 5.41) is 19.2. The highest BCUT2D eigenvalue weighted by atomic mass is 16.5. The second-order valence-corrected chi connectivity index (χ2v) is 7.85. The number of amides is 1. The van der Waals surface area contributed by atoms with Crippen LogP contribution in [0.15, 0.2) is 30.6 Å².